The number of aliphatic imine (C=N–C) groups is 1. The lowest BCUT2D eigenvalue weighted by Crippen LogP contribution is -2.24. The first-order valence-corrected chi connectivity index (χ1v) is 11.6. The van der Waals surface area contributed by atoms with Gasteiger partial charge in [-0.15, -0.1) is 0 Å². The molecule has 2 aliphatic rings. The lowest BCUT2D eigenvalue weighted by molar-refractivity contribution is 0.744. The van der Waals surface area contributed by atoms with Crippen LogP contribution in [-0.2, 0) is 0 Å². The Balaban J connectivity index is 1.95. The molecule has 27 heavy (non-hydrogen) atoms. The Kier molecular flexibility index (Phi) is 7.23. The minimum absolute atomic E-state index is 1.11. The molecule has 0 N–H and O–H groups in total. The zero-order valence-electron chi connectivity index (χ0n) is 17.5. The molecule has 2 nitrogen and oxygen atoms in total. The van der Waals surface area contributed by atoms with Gasteiger partial charge < -0.3 is 4.90 Å². The van der Waals surface area contributed by atoms with Crippen molar-refractivity contribution in [2.75, 3.05) is 18.0 Å². The summed E-state index contributed by atoms with van der Waals surface area (Å²) < 4.78 is 0. The van der Waals surface area contributed by atoms with Crippen LogP contribution in [0.5, 0.6) is 0 Å². The summed E-state index contributed by atoms with van der Waals surface area (Å²) in [6.07, 6.45) is 10.7. The predicted molar refractivity (Wildman–Crippen MR) is 122 cm³/mol. The van der Waals surface area contributed by atoms with Crippen molar-refractivity contribution in [3.63, 3.8) is 0 Å². The molecule has 3 rings (SSSR count). The number of hydrogen-bond acceptors (Lipinski definition) is 3. The molecule has 1 aliphatic carbocycles. The Hall–Kier alpha value is -1.48. The molecule has 0 unspecified atom stereocenters. The maximum absolute atomic E-state index is 5.14. The van der Waals surface area contributed by atoms with Crippen molar-refractivity contribution in [2.24, 2.45) is 4.99 Å². The molecule has 1 aromatic rings. The minimum atomic E-state index is 1.11. The van der Waals surface area contributed by atoms with Gasteiger partial charge in [-0.1, -0.05) is 63.9 Å². The SMILES string of the molecule is CCCC1=C(CCC)C2=Nc3ccc(N(CCC)CCC)cc3SC2=CC1. The second kappa shape index (κ2) is 9.64. The van der Waals surface area contributed by atoms with Crippen molar-refractivity contribution < 1.29 is 0 Å². The average molecular weight is 383 g/mol. The van der Waals surface area contributed by atoms with Gasteiger partial charge in [-0.25, -0.2) is 4.99 Å². The number of allylic oxidation sites excluding steroid dienone is 4. The summed E-state index contributed by atoms with van der Waals surface area (Å²) in [6.45, 7) is 11.3. The molecule has 0 atom stereocenters. The van der Waals surface area contributed by atoms with E-state index in [0.717, 1.165) is 31.6 Å². The highest BCUT2D eigenvalue weighted by Gasteiger charge is 2.26. The standard InChI is InChI=1S/C24H34N2S/c1-5-9-18-11-14-22-24(20(18)10-6-2)25-21-13-12-19(17-23(21)27-22)26(15-7-3)16-8-4/h12-14,17H,5-11,15-16H2,1-4H3. The normalized spacial score (nSPS) is 15.9. The van der Waals surface area contributed by atoms with Crippen LogP contribution in [0, 0.1) is 0 Å². The second-order valence-corrected chi connectivity index (χ2v) is 8.64. The number of benzene rings is 1. The Morgan fingerprint density at radius 3 is 2.37 bits per heavy atom. The fourth-order valence-electron chi connectivity index (χ4n) is 4.09. The Labute approximate surface area is 169 Å². The molecule has 0 saturated heterocycles. The van der Waals surface area contributed by atoms with Gasteiger partial charge in [0.1, 0.15) is 0 Å². The number of fused-ring (bicyclic) bond motifs is 2. The van der Waals surface area contributed by atoms with E-state index in [1.165, 1.54) is 58.9 Å². The van der Waals surface area contributed by atoms with Crippen LogP contribution in [0.3, 0.4) is 0 Å². The van der Waals surface area contributed by atoms with Gasteiger partial charge >= 0.3 is 0 Å². The summed E-state index contributed by atoms with van der Waals surface area (Å²) in [5.41, 5.74) is 6.89. The summed E-state index contributed by atoms with van der Waals surface area (Å²) >= 11 is 1.93. The maximum Gasteiger partial charge on any atom is 0.0805 e. The summed E-state index contributed by atoms with van der Waals surface area (Å²) in [6, 6.07) is 6.86. The summed E-state index contributed by atoms with van der Waals surface area (Å²) in [7, 11) is 0. The molecular formula is C24H34N2S. The van der Waals surface area contributed by atoms with E-state index >= 15 is 0 Å². The third-order valence-electron chi connectivity index (χ3n) is 5.28. The van der Waals surface area contributed by atoms with Crippen LogP contribution in [0.25, 0.3) is 0 Å². The fourth-order valence-corrected chi connectivity index (χ4v) is 5.15. The van der Waals surface area contributed by atoms with E-state index in [1.807, 2.05) is 11.8 Å². The third kappa shape index (κ3) is 4.51. The predicted octanol–water partition coefficient (Wildman–Crippen LogP) is 7.68. The number of anilines is 1. The van der Waals surface area contributed by atoms with Crippen molar-refractivity contribution in [2.45, 2.75) is 77.5 Å². The van der Waals surface area contributed by atoms with E-state index in [2.05, 4.69) is 56.9 Å². The monoisotopic (exact) mass is 382 g/mol. The van der Waals surface area contributed by atoms with Crippen molar-refractivity contribution in [3.05, 3.63) is 40.3 Å². The first-order valence-electron chi connectivity index (χ1n) is 10.8. The molecule has 3 heteroatoms. The van der Waals surface area contributed by atoms with E-state index in [9.17, 15) is 0 Å². The topological polar surface area (TPSA) is 15.6 Å². The zero-order valence-corrected chi connectivity index (χ0v) is 18.3. The van der Waals surface area contributed by atoms with Crippen LogP contribution in [-0.4, -0.2) is 18.8 Å². The first kappa shape index (κ1) is 20.3. The van der Waals surface area contributed by atoms with Crippen molar-refractivity contribution in [1.29, 1.82) is 0 Å². The molecule has 0 bridgehead atoms. The molecule has 0 radical (unpaired) electrons. The molecule has 0 spiro atoms. The molecule has 0 aromatic heterocycles. The smallest absolute Gasteiger partial charge is 0.0805 e. The Morgan fingerprint density at radius 2 is 1.70 bits per heavy atom. The van der Waals surface area contributed by atoms with Crippen LogP contribution in [0.1, 0.15) is 72.6 Å². The summed E-state index contributed by atoms with van der Waals surface area (Å²) in [4.78, 5) is 10.3. The van der Waals surface area contributed by atoms with Gasteiger partial charge in [0.2, 0.25) is 0 Å². The Morgan fingerprint density at radius 1 is 0.963 bits per heavy atom. The minimum Gasteiger partial charge on any atom is -0.372 e. The van der Waals surface area contributed by atoms with Crippen LogP contribution < -0.4 is 4.90 Å². The van der Waals surface area contributed by atoms with Gasteiger partial charge in [-0.05, 0) is 55.9 Å². The summed E-state index contributed by atoms with van der Waals surface area (Å²) in [5, 5.41) is 0. The van der Waals surface area contributed by atoms with Crippen LogP contribution >= 0.6 is 11.8 Å². The lowest BCUT2D eigenvalue weighted by atomic mass is 9.89. The van der Waals surface area contributed by atoms with Gasteiger partial charge in [-0.3, -0.25) is 0 Å². The van der Waals surface area contributed by atoms with Gasteiger partial charge in [-0.2, -0.15) is 0 Å². The van der Waals surface area contributed by atoms with Crippen molar-refractivity contribution in [3.8, 4) is 0 Å². The van der Waals surface area contributed by atoms with Crippen LogP contribution in [0.2, 0.25) is 0 Å². The quantitative estimate of drug-likeness (QED) is 0.435. The molecule has 1 aromatic carbocycles. The molecular weight excluding hydrogens is 348 g/mol. The lowest BCUT2D eigenvalue weighted by Gasteiger charge is -2.28. The van der Waals surface area contributed by atoms with E-state index in [4.69, 9.17) is 4.99 Å². The first-order chi connectivity index (χ1) is 13.2. The molecule has 146 valence electrons. The third-order valence-corrected chi connectivity index (χ3v) is 6.41. The van der Waals surface area contributed by atoms with E-state index in [1.54, 1.807) is 5.57 Å². The van der Waals surface area contributed by atoms with Crippen molar-refractivity contribution in [1.82, 2.24) is 0 Å². The number of thioether (sulfide) groups is 1. The van der Waals surface area contributed by atoms with E-state index in [-0.39, 0.29) is 0 Å². The Bertz CT molecular complexity index is 752. The maximum atomic E-state index is 5.14. The molecule has 0 amide bonds. The zero-order chi connectivity index (χ0) is 19.2. The number of rotatable bonds is 9. The molecule has 1 heterocycles. The van der Waals surface area contributed by atoms with Crippen molar-refractivity contribution >= 4 is 28.8 Å². The van der Waals surface area contributed by atoms with E-state index < -0.39 is 0 Å². The molecule has 0 fully saturated rings. The van der Waals surface area contributed by atoms with Gasteiger partial charge in [0.05, 0.1) is 11.4 Å². The molecule has 0 saturated carbocycles. The highest BCUT2D eigenvalue weighted by molar-refractivity contribution is 8.04. The van der Waals surface area contributed by atoms with E-state index in [0.29, 0.717) is 0 Å². The highest BCUT2D eigenvalue weighted by Crippen LogP contribution is 2.46. The van der Waals surface area contributed by atoms with Gasteiger partial charge in [0, 0.05) is 28.6 Å². The highest BCUT2D eigenvalue weighted by atomic mass is 32.2. The van der Waals surface area contributed by atoms with Crippen LogP contribution in [0.15, 0.2) is 50.2 Å². The average Bonchev–Trinajstić information content (AvgIpc) is 2.68. The number of hydrogen-bond donors (Lipinski definition) is 0. The van der Waals surface area contributed by atoms with Gasteiger partial charge in [0.15, 0.2) is 0 Å². The van der Waals surface area contributed by atoms with Crippen LogP contribution in [0.4, 0.5) is 11.4 Å². The van der Waals surface area contributed by atoms with Gasteiger partial charge in [0.25, 0.3) is 0 Å². The largest absolute Gasteiger partial charge is 0.372 e. The number of nitrogens with zero attached hydrogens (tertiary/aromatic N) is 2. The molecule has 1 aliphatic heterocycles. The summed E-state index contributed by atoms with van der Waals surface area (Å²) in [5.74, 6) is 0. The fraction of sp³-hybridized carbons (Fsp3) is 0.542. The second-order valence-electron chi connectivity index (χ2n) is 7.56.